The van der Waals surface area contributed by atoms with Crippen molar-refractivity contribution < 1.29 is 19.2 Å². The largest absolute Gasteiger partial charge is 0.496 e. The van der Waals surface area contributed by atoms with Crippen molar-refractivity contribution in [3.05, 3.63) is 94.8 Å². The number of benzene rings is 2. The second-order valence-electron chi connectivity index (χ2n) is 7.87. The van der Waals surface area contributed by atoms with Crippen molar-refractivity contribution >= 4 is 17.5 Å². The topological polar surface area (TPSA) is 81.1 Å². The van der Waals surface area contributed by atoms with E-state index in [0.29, 0.717) is 34.8 Å². The lowest BCUT2D eigenvalue weighted by molar-refractivity contribution is -0.143. The number of carbonyl (C=O) groups is 2. The highest BCUT2D eigenvalue weighted by atomic mass is 16.6. The molecule has 4 rings (SSSR count). The van der Waals surface area contributed by atoms with Crippen LogP contribution in [-0.2, 0) is 22.6 Å². The van der Waals surface area contributed by atoms with Gasteiger partial charge in [-0.25, -0.2) is 0 Å². The number of oxime groups is 1. The number of Topliss-reactive ketones (excluding diaryl/α,β-unsaturated/α-hetero) is 1. The number of methoxy groups -OCH3 is 1. The first-order valence-corrected chi connectivity index (χ1v) is 10.7. The molecule has 1 unspecified atom stereocenters. The van der Waals surface area contributed by atoms with Crippen LogP contribution in [0.25, 0.3) is 0 Å². The Labute approximate surface area is 192 Å². The average Bonchev–Trinajstić information content (AvgIpc) is 2.83. The van der Waals surface area contributed by atoms with Crippen molar-refractivity contribution in [2.45, 2.75) is 32.9 Å². The van der Waals surface area contributed by atoms with Gasteiger partial charge in [-0.05, 0) is 49.2 Å². The summed E-state index contributed by atoms with van der Waals surface area (Å²) < 4.78 is 5.51. The van der Waals surface area contributed by atoms with E-state index in [1.165, 1.54) is 6.92 Å². The van der Waals surface area contributed by atoms with Crippen LogP contribution in [0, 0.1) is 6.92 Å². The SMILES string of the molecule is COc1ccc(C(C)=O)cc1CN1C(=O)C(Cc2ccccc2)ON=C1c1ncccc1C. The van der Waals surface area contributed by atoms with Gasteiger partial charge >= 0.3 is 0 Å². The van der Waals surface area contributed by atoms with Gasteiger partial charge in [0.1, 0.15) is 11.4 Å². The molecule has 2 heterocycles. The molecule has 2 aromatic carbocycles. The zero-order valence-corrected chi connectivity index (χ0v) is 18.8. The summed E-state index contributed by atoms with van der Waals surface area (Å²) in [5, 5.41) is 4.33. The molecule has 0 spiro atoms. The van der Waals surface area contributed by atoms with Gasteiger partial charge < -0.3 is 9.57 Å². The summed E-state index contributed by atoms with van der Waals surface area (Å²) in [4.78, 5) is 37.3. The molecule has 0 N–H and O–H groups in total. The first kappa shape index (κ1) is 22.2. The molecule has 0 radical (unpaired) electrons. The summed E-state index contributed by atoms with van der Waals surface area (Å²) in [6.45, 7) is 3.57. The molecule has 33 heavy (non-hydrogen) atoms. The van der Waals surface area contributed by atoms with E-state index in [9.17, 15) is 9.59 Å². The van der Waals surface area contributed by atoms with Crippen LogP contribution >= 0.6 is 0 Å². The van der Waals surface area contributed by atoms with Crippen molar-refractivity contribution in [1.82, 2.24) is 9.88 Å². The average molecular weight is 444 g/mol. The molecule has 0 saturated heterocycles. The highest BCUT2D eigenvalue weighted by Gasteiger charge is 2.36. The molecule has 1 atom stereocenters. The Balaban J connectivity index is 1.74. The molecule has 1 aliphatic rings. The Morgan fingerprint density at radius 2 is 1.91 bits per heavy atom. The third kappa shape index (κ3) is 4.77. The molecular formula is C26H25N3O4. The van der Waals surface area contributed by atoms with Crippen LogP contribution in [0.1, 0.15) is 39.7 Å². The molecule has 1 aliphatic heterocycles. The number of ether oxygens (including phenoxy) is 1. The molecule has 7 nitrogen and oxygen atoms in total. The van der Waals surface area contributed by atoms with Crippen LogP contribution in [0.3, 0.4) is 0 Å². The van der Waals surface area contributed by atoms with E-state index in [1.54, 1.807) is 36.4 Å². The number of amides is 1. The normalized spacial score (nSPS) is 15.6. The van der Waals surface area contributed by atoms with E-state index in [2.05, 4.69) is 10.1 Å². The Kier molecular flexibility index (Phi) is 6.49. The fraction of sp³-hybridized carbons (Fsp3) is 0.231. The van der Waals surface area contributed by atoms with Crippen molar-refractivity contribution in [2.75, 3.05) is 7.11 Å². The van der Waals surface area contributed by atoms with Crippen molar-refractivity contribution in [1.29, 1.82) is 0 Å². The standard InChI is InChI=1S/C26H25N3O4/c1-17-8-7-13-27-24(17)25-28-33-23(14-19-9-5-4-6-10-19)26(31)29(25)16-21-15-20(18(2)30)11-12-22(21)32-3/h4-13,15,23H,14,16H2,1-3H3. The zero-order valence-electron chi connectivity index (χ0n) is 18.8. The maximum absolute atomic E-state index is 13.6. The fourth-order valence-electron chi connectivity index (χ4n) is 3.77. The summed E-state index contributed by atoms with van der Waals surface area (Å²) >= 11 is 0. The number of carbonyl (C=O) groups excluding carboxylic acids is 2. The van der Waals surface area contributed by atoms with Crippen LogP contribution in [0.2, 0.25) is 0 Å². The van der Waals surface area contributed by atoms with Crippen LogP contribution in [0.4, 0.5) is 0 Å². The van der Waals surface area contributed by atoms with Gasteiger partial charge in [0.05, 0.1) is 13.7 Å². The highest BCUT2D eigenvalue weighted by Crippen LogP contribution is 2.26. The lowest BCUT2D eigenvalue weighted by atomic mass is 10.0. The number of pyridine rings is 1. The van der Waals surface area contributed by atoms with E-state index >= 15 is 0 Å². The molecule has 1 amide bonds. The summed E-state index contributed by atoms with van der Waals surface area (Å²) in [5.41, 5.74) is 3.63. The first-order chi connectivity index (χ1) is 16.0. The molecule has 0 fully saturated rings. The van der Waals surface area contributed by atoms with E-state index in [0.717, 1.165) is 11.1 Å². The number of aryl methyl sites for hydroxylation is 1. The third-order valence-corrected chi connectivity index (χ3v) is 5.56. The van der Waals surface area contributed by atoms with Crippen LogP contribution < -0.4 is 4.74 Å². The summed E-state index contributed by atoms with van der Waals surface area (Å²) in [6, 6.07) is 18.6. The van der Waals surface area contributed by atoms with E-state index in [4.69, 9.17) is 9.57 Å². The maximum atomic E-state index is 13.6. The molecule has 0 saturated carbocycles. The molecule has 0 aliphatic carbocycles. The second kappa shape index (κ2) is 9.65. The third-order valence-electron chi connectivity index (χ3n) is 5.56. The van der Waals surface area contributed by atoms with E-state index < -0.39 is 6.10 Å². The Morgan fingerprint density at radius 1 is 1.12 bits per heavy atom. The van der Waals surface area contributed by atoms with E-state index in [1.807, 2.05) is 49.4 Å². The van der Waals surface area contributed by atoms with Gasteiger partial charge in [0.25, 0.3) is 5.91 Å². The lowest BCUT2D eigenvalue weighted by Gasteiger charge is -2.32. The fourth-order valence-corrected chi connectivity index (χ4v) is 3.77. The van der Waals surface area contributed by atoms with E-state index in [-0.39, 0.29) is 18.2 Å². The highest BCUT2D eigenvalue weighted by molar-refractivity contribution is 6.09. The number of aromatic nitrogens is 1. The molecule has 7 heteroatoms. The monoisotopic (exact) mass is 443 g/mol. The first-order valence-electron chi connectivity index (χ1n) is 10.7. The van der Waals surface area contributed by atoms with Gasteiger partial charge in [0, 0.05) is 23.7 Å². The number of ketones is 1. The van der Waals surface area contributed by atoms with Gasteiger partial charge in [0.15, 0.2) is 5.78 Å². The van der Waals surface area contributed by atoms with Crippen LogP contribution in [0.15, 0.2) is 72.0 Å². The Morgan fingerprint density at radius 3 is 2.61 bits per heavy atom. The predicted octanol–water partition coefficient (Wildman–Crippen LogP) is 3.93. The number of rotatable bonds is 7. The van der Waals surface area contributed by atoms with Crippen molar-refractivity contribution in [3.8, 4) is 5.75 Å². The predicted molar refractivity (Wildman–Crippen MR) is 124 cm³/mol. The Hall–Kier alpha value is -4.00. The molecule has 1 aromatic heterocycles. The van der Waals surface area contributed by atoms with Gasteiger partial charge in [-0.15, -0.1) is 0 Å². The summed E-state index contributed by atoms with van der Waals surface area (Å²) in [5.74, 6) is 0.612. The number of amidine groups is 1. The minimum Gasteiger partial charge on any atom is -0.496 e. The Bertz CT molecular complexity index is 1210. The molecule has 3 aromatic rings. The number of hydrogen-bond acceptors (Lipinski definition) is 6. The summed E-state index contributed by atoms with van der Waals surface area (Å²) in [7, 11) is 1.56. The summed E-state index contributed by atoms with van der Waals surface area (Å²) in [6.07, 6.45) is 1.27. The van der Waals surface area contributed by atoms with Gasteiger partial charge in [-0.2, -0.15) is 0 Å². The van der Waals surface area contributed by atoms with Crippen LogP contribution in [-0.4, -0.2) is 40.6 Å². The van der Waals surface area contributed by atoms with Gasteiger partial charge in [-0.3, -0.25) is 19.5 Å². The zero-order chi connectivity index (χ0) is 23.4. The smallest absolute Gasteiger partial charge is 0.272 e. The van der Waals surface area contributed by atoms with Crippen LogP contribution in [0.5, 0.6) is 5.75 Å². The molecular weight excluding hydrogens is 418 g/mol. The lowest BCUT2D eigenvalue weighted by Crippen LogP contribution is -2.48. The minimum atomic E-state index is -0.776. The minimum absolute atomic E-state index is 0.0661. The quantitative estimate of drug-likeness (QED) is 0.517. The van der Waals surface area contributed by atoms with Crippen molar-refractivity contribution in [2.24, 2.45) is 5.16 Å². The maximum Gasteiger partial charge on any atom is 0.272 e. The second-order valence-corrected chi connectivity index (χ2v) is 7.87. The van der Waals surface area contributed by atoms with Gasteiger partial charge in [0.2, 0.25) is 11.9 Å². The molecule has 168 valence electrons. The van der Waals surface area contributed by atoms with Gasteiger partial charge in [-0.1, -0.05) is 41.6 Å². The number of nitrogens with zero attached hydrogens (tertiary/aromatic N) is 3. The van der Waals surface area contributed by atoms with Crippen molar-refractivity contribution in [3.63, 3.8) is 0 Å². The number of hydrogen-bond donors (Lipinski definition) is 0. The molecule has 0 bridgehead atoms.